The Balaban J connectivity index is 3.19. The van der Waals surface area contributed by atoms with Crippen LogP contribution in [0.1, 0.15) is 6.42 Å². The van der Waals surface area contributed by atoms with Crippen molar-refractivity contribution in [1.29, 1.82) is 0 Å². The number of carboxylic acid groups (broad SMARTS) is 2. The molecule has 1 rings (SSSR count). The quantitative estimate of drug-likeness (QED) is 0.811. The molecule has 0 aliphatic rings. The fourth-order valence-electron chi connectivity index (χ4n) is 1.20. The molecule has 0 fully saturated rings. The van der Waals surface area contributed by atoms with Crippen molar-refractivity contribution in [2.45, 2.75) is 6.42 Å². The van der Waals surface area contributed by atoms with Gasteiger partial charge in [-0.15, -0.1) is 0 Å². The van der Waals surface area contributed by atoms with Crippen LogP contribution in [0.15, 0.2) is 27.7 Å². The molecule has 6 nitrogen and oxygen atoms in total. The average Bonchev–Trinajstić information content (AvgIpc) is 2.29. The van der Waals surface area contributed by atoms with E-state index in [2.05, 4.69) is 20.9 Å². The number of carboxylic acids is 2. The smallest absolute Gasteiger partial charge is 0.350 e. The molecule has 2 N–H and O–H groups in total. The van der Waals surface area contributed by atoms with Crippen LogP contribution in [0.25, 0.3) is 0 Å². The molecule has 0 unspecified atom stereocenters. The first-order valence-electron chi connectivity index (χ1n) is 4.80. The molecule has 0 aliphatic heterocycles. The second kappa shape index (κ2) is 6.15. The summed E-state index contributed by atoms with van der Waals surface area (Å²) in [5.41, 5.74) is -0.192. The van der Waals surface area contributed by atoms with E-state index in [9.17, 15) is 9.59 Å². The Kier molecular flexibility index (Phi) is 4.85. The molecule has 0 aliphatic carbocycles. The maximum absolute atomic E-state index is 10.9. The van der Waals surface area contributed by atoms with Gasteiger partial charge in [-0.2, -0.15) is 0 Å². The Hall–Kier alpha value is -1.89. The van der Waals surface area contributed by atoms with Crippen molar-refractivity contribution in [1.82, 2.24) is 0 Å². The molecule has 0 spiro atoms. The first-order chi connectivity index (χ1) is 8.43. The summed E-state index contributed by atoms with van der Waals surface area (Å²) in [6.07, 6.45) is -0.658. The summed E-state index contributed by atoms with van der Waals surface area (Å²) in [7, 11) is 1.42. The molecule has 0 aromatic heterocycles. The Morgan fingerprint density at radius 3 is 2.56 bits per heavy atom. The van der Waals surface area contributed by atoms with Gasteiger partial charge in [-0.25, -0.2) is 9.79 Å². The van der Waals surface area contributed by atoms with Crippen LogP contribution >= 0.6 is 15.9 Å². The number of aliphatic imine (C=N–C) groups is 1. The fraction of sp³-hybridized carbons (Fsp3) is 0.182. The number of hydrogen-bond donors (Lipinski definition) is 2. The Morgan fingerprint density at radius 2 is 2.06 bits per heavy atom. The van der Waals surface area contributed by atoms with Crippen molar-refractivity contribution in [2.24, 2.45) is 4.99 Å². The van der Waals surface area contributed by atoms with Gasteiger partial charge in [0.15, 0.2) is 0 Å². The van der Waals surface area contributed by atoms with Gasteiger partial charge >= 0.3 is 11.9 Å². The molecule has 0 saturated carbocycles. The van der Waals surface area contributed by atoms with E-state index in [-0.39, 0.29) is 5.69 Å². The predicted molar refractivity (Wildman–Crippen MR) is 67.7 cm³/mol. The van der Waals surface area contributed by atoms with Crippen molar-refractivity contribution in [2.75, 3.05) is 7.11 Å². The van der Waals surface area contributed by atoms with Gasteiger partial charge in [0.2, 0.25) is 0 Å². The summed E-state index contributed by atoms with van der Waals surface area (Å²) in [5, 5.41) is 17.5. The van der Waals surface area contributed by atoms with E-state index in [0.717, 1.165) is 4.47 Å². The van der Waals surface area contributed by atoms with Crippen molar-refractivity contribution < 1.29 is 24.5 Å². The van der Waals surface area contributed by atoms with Crippen LogP contribution in [0.5, 0.6) is 5.75 Å². The number of carbonyl (C=O) groups is 2. The van der Waals surface area contributed by atoms with Crippen LogP contribution in [-0.4, -0.2) is 35.0 Å². The van der Waals surface area contributed by atoms with Gasteiger partial charge in [0.05, 0.1) is 13.5 Å². The van der Waals surface area contributed by atoms with E-state index in [1.807, 2.05) is 0 Å². The molecule has 1 aromatic rings. The lowest BCUT2D eigenvalue weighted by Gasteiger charge is -2.05. The minimum atomic E-state index is -1.37. The van der Waals surface area contributed by atoms with E-state index in [0.29, 0.717) is 5.75 Å². The molecule has 0 bridgehead atoms. The van der Waals surface area contributed by atoms with Crippen LogP contribution in [0, 0.1) is 0 Å². The van der Waals surface area contributed by atoms with Gasteiger partial charge < -0.3 is 14.9 Å². The molecule has 0 atom stereocenters. The number of aliphatic carboxylic acids is 2. The normalized spacial score (nSPS) is 11.1. The van der Waals surface area contributed by atoms with Gasteiger partial charge in [-0.1, -0.05) is 15.9 Å². The minimum Gasteiger partial charge on any atom is -0.494 e. The maximum Gasteiger partial charge on any atom is 0.350 e. The van der Waals surface area contributed by atoms with Gasteiger partial charge in [0, 0.05) is 4.47 Å². The van der Waals surface area contributed by atoms with Crippen molar-refractivity contribution >= 4 is 39.3 Å². The number of rotatable bonds is 5. The zero-order valence-corrected chi connectivity index (χ0v) is 11.0. The lowest BCUT2D eigenvalue weighted by molar-refractivity contribution is -0.137. The third kappa shape index (κ3) is 3.85. The number of benzene rings is 1. The third-order valence-corrected chi connectivity index (χ3v) is 2.46. The molecule has 0 amide bonds. The van der Waals surface area contributed by atoms with Crippen molar-refractivity contribution in [3.8, 4) is 5.75 Å². The average molecular weight is 316 g/mol. The summed E-state index contributed by atoms with van der Waals surface area (Å²) in [6.45, 7) is 0. The van der Waals surface area contributed by atoms with E-state index in [1.165, 1.54) is 13.2 Å². The zero-order chi connectivity index (χ0) is 13.7. The topological polar surface area (TPSA) is 96.2 Å². The zero-order valence-electron chi connectivity index (χ0n) is 9.38. The van der Waals surface area contributed by atoms with Crippen molar-refractivity contribution in [3.63, 3.8) is 0 Å². The highest BCUT2D eigenvalue weighted by atomic mass is 79.9. The molecule has 7 heteroatoms. The number of methoxy groups -OCH3 is 1. The third-order valence-electron chi connectivity index (χ3n) is 1.96. The Morgan fingerprint density at radius 1 is 1.39 bits per heavy atom. The largest absolute Gasteiger partial charge is 0.494 e. The van der Waals surface area contributed by atoms with Gasteiger partial charge in [-0.3, -0.25) is 4.79 Å². The Bertz CT molecular complexity index is 512. The first kappa shape index (κ1) is 14.2. The lowest BCUT2D eigenvalue weighted by Crippen LogP contribution is -2.17. The summed E-state index contributed by atoms with van der Waals surface area (Å²) < 4.78 is 5.78. The van der Waals surface area contributed by atoms with Crippen LogP contribution in [-0.2, 0) is 9.59 Å². The van der Waals surface area contributed by atoms with E-state index in [4.69, 9.17) is 14.9 Å². The molecule has 0 radical (unpaired) electrons. The number of halogens is 1. The standard InChI is InChI=1S/C11H10BrNO5/c1-18-9-4-6(12)2-3-7(9)13-8(11(16)17)5-10(14)15/h2-4H,5H2,1H3,(H,14,15)(H,16,17). The molecule has 0 heterocycles. The highest BCUT2D eigenvalue weighted by Gasteiger charge is 2.15. The minimum absolute atomic E-state index is 0.263. The molecule has 0 saturated heterocycles. The molecular formula is C11H10BrNO5. The van der Waals surface area contributed by atoms with E-state index < -0.39 is 24.1 Å². The van der Waals surface area contributed by atoms with Crippen LogP contribution in [0.2, 0.25) is 0 Å². The molecule has 18 heavy (non-hydrogen) atoms. The molecular weight excluding hydrogens is 306 g/mol. The summed E-state index contributed by atoms with van der Waals surface area (Å²) in [5.74, 6) is -2.27. The second-order valence-electron chi connectivity index (χ2n) is 3.25. The first-order valence-corrected chi connectivity index (χ1v) is 5.59. The Labute approximate surface area is 111 Å². The number of nitrogens with zero attached hydrogens (tertiary/aromatic N) is 1. The van der Waals surface area contributed by atoms with Crippen LogP contribution in [0.3, 0.4) is 0 Å². The van der Waals surface area contributed by atoms with E-state index in [1.54, 1.807) is 12.1 Å². The fourth-order valence-corrected chi connectivity index (χ4v) is 1.54. The summed E-state index contributed by atoms with van der Waals surface area (Å²) in [4.78, 5) is 25.2. The molecule has 1 aromatic carbocycles. The SMILES string of the molecule is COc1cc(Br)ccc1N=C(CC(=O)O)C(=O)O. The lowest BCUT2D eigenvalue weighted by atomic mass is 10.2. The molecule has 96 valence electrons. The highest BCUT2D eigenvalue weighted by Crippen LogP contribution is 2.30. The van der Waals surface area contributed by atoms with Crippen molar-refractivity contribution in [3.05, 3.63) is 22.7 Å². The van der Waals surface area contributed by atoms with Gasteiger partial charge in [0.25, 0.3) is 0 Å². The summed E-state index contributed by atoms with van der Waals surface area (Å²) >= 11 is 3.23. The van der Waals surface area contributed by atoms with Gasteiger partial charge in [0.1, 0.15) is 17.1 Å². The predicted octanol–water partition coefficient (Wildman–Crippen LogP) is 2.09. The monoisotopic (exact) mass is 315 g/mol. The van der Waals surface area contributed by atoms with Gasteiger partial charge in [-0.05, 0) is 18.2 Å². The summed E-state index contributed by atoms with van der Waals surface area (Å²) in [6, 6.07) is 4.80. The second-order valence-corrected chi connectivity index (χ2v) is 4.17. The van der Waals surface area contributed by atoms with Crippen LogP contribution in [0.4, 0.5) is 5.69 Å². The number of ether oxygens (including phenoxy) is 1. The van der Waals surface area contributed by atoms with E-state index >= 15 is 0 Å². The number of hydrogen-bond acceptors (Lipinski definition) is 4. The maximum atomic E-state index is 10.9. The highest BCUT2D eigenvalue weighted by molar-refractivity contribution is 9.10. The van der Waals surface area contributed by atoms with Crippen LogP contribution < -0.4 is 4.74 Å².